The van der Waals surface area contributed by atoms with Crippen LogP contribution >= 0.6 is 0 Å². The lowest BCUT2D eigenvalue weighted by molar-refractivity contribution is -0.142. The Morgan fingerprint density at radius 1 is 1.11 bits per heavy atom. The molecular weight excluding hydrogens is 352 g/mol. The molecule has 2 amide bonds. The van der Waals surface area contributed by atoms with Gasteiger partial charge in [0, 0.05) is 18.5 Å². The Morgan fingerprint density at radius 2 is 1.82 bits per heavy atom. The molecule has 1 N–H and O–H groups in total. The second-order valence-corrected chi connectivity index (χ2v) is 8.32. The summed E-state index contributed by atoms with van der Waals surface area (Å²) in [6, 6.07) is 7.86. The first-order valence-electron chi connectivity index (χ1n) is 10.8. The van der Waals surface area contributed by atoms with Crippen molar-refractivity contribution in [3.05, 3.63) is 29.8 Å². The van der Waals surface area contributed by atoms with Crippen LogP contribution in [0.15, 0.2) is 24.3 Å². The number of ether oxygens (including phenoxy) is 1. The minimum Gasteiger partial charge on any atom is -0.497 e. The third kappa shape index (κ3) is 5.27. The van der Waals surface area contributed by atoms with Crippen LogP contribution in [0.25, 0.3) is 0 Å². The van der Waals surface area contributed by atoms with Crippen LogP contribution < -0.4 is 10.1 Å². The van der Waals surface area contributed by atoms with Crippen molar-refractivity contribution < 1.29 is 14.3 Å². The number of amides is 2. The number of rotatable bonds is 7. The van der Waals surface area contributed by atoms with Crippen LogP contribution in [0.3, 0.4) is 0 Å². The fourth-order valence-corrected chi connectivity index (χ4v) is 4.47. The van der Waals surface area contributed by atoms with Crippen LogP contribution in [0, 0.1) is 5.92 Å². The van der Waals surface area contributed by atoms with E-state index in [1.807, 2.05) is 24.0 Å². The molecule has 1 saturated carbocycles. The quantitative estimate of drug-likeness (QED) is 0.777. The fourth-order valence-electron chi connectivity index (χ4n) is 4.47. The number of carbonyl (C=O) groups is 2. The standard InChI is InChI=1S/C23H34N2O3/c1-17(10-11-18-12-14-20(28-2)15-13-18)24-22(26)21-9-6-16-25(21)23(27)19-7-4-3-5-8-19/h12-15,17,19,21H,3-11,16H2,1-2H3,(H,24,26). The van der Waals surface area contributed by atoms with Crippen LogP contribution in [0.2, 0.25) is 0 Å². The van der Waals surface area contributed by atoms with E-state index in [1.165, 1.54) is 12.0 Å². The molecule has 2 atom stereocenters. The lowest BCUT2D eigenvalue weighted by Gasteiger charge is -2.30. The first-order valence-corrected chi connectivity index (χ1v) is 10.8. The normalized spacial score (nSPS) is 21.4. The summed E-state index contributed by atoms with van der Waals surface area (Å²) in [7, 11) is 1.66. The number of likely N-dealkylation sites (tertiary alicyclic amines) is 1. The molecule has 2 unspecified atom stereocenters. The lowest BCUT2D eigenvalue weighted by Crippen LogP contribution is -2.50. The van der Waals surface area contributed by atoms with E-state index in [9.17, 15) is 9.59 Å². The summed E-state index contributed by atoms with van der Waals surface area (Å²) in [5, 5.41) is 3.14. The van der Waals surface area contributed by atoms with Gasteiger partial charge in [-0.25, -0.2) is 0 Å². The first-order chi connectivity index (χ1) is 13.6. The summed E-state index contributed by atoms with van der Waals surface area (Å²) in [6.07, 6.45) is 8.99. The van der Waals surface area contributed by atoms with Gasteiger partial charge in [-0.05, 0) is 63.1 Å². The number of benzene rings is 1. The van der Waals surface area contributed by atoms with E-state index in [2.05, 4.69) is 17.4 Å². The van der Waals surface area contributed by atoms with Crippen LogP contribution in [-0.2, 0) is 16.0 Å². The predicted octanol–water partition coefficient (Wildman–Crippen LogP) is 3.70. The zero-order valence-electron chi connectivity index (χ0n) is 17.3. The number of hydrogen-bond donors (Lipinski definition) is 1. The molecule has 1 aliphatic heterocycles. The van der Waals surface area contributed by atoms with E-state index in [0.717, 1.165) is 63.7 Å². The van der Waals surface area contributed by atoms with Crippen LogP contribution in [-0.4, -0.2) is 42.5 Å². The third-order valence-electron chi connectivity index (χ3n) is 6.21. The highest BCUT2D eigenvalue weighted by Gasteiger charge is 2.37. The minimum atomic E-state index is -0.280. The number of nitrogens with zero attached hydrogens (tertiary/aromatic N) is 1. The van der Waals surface area contributed by atoms with Crippen LogP contribution in [0.1, 0.15) is 63.9 Å². The van der Waals surface area contributed by atoms with Crippen molar-refractivity contribution in [3.8, 4) is 5.75 Å². The average molecular weight is 387 g/mol. The molecule has 1 saturated heterocycles. The third-order valence-corrected chi connectivity index (χ3v) is 6.21. The van der Waals surface area contributed by atoms with Crippen LogP contribution in [0.4, 0.5) is 0 Å². The predicted molar refractivity (Wildman–Crippen MR) is 110 cm³/mol. The molecule has 28 heavy (non-hydrogen) atoms. The molecule has 2 aliphatic rings. The van der Waals surface area contributed by atoms with Gasteiger partial charge in [0.1, 0.15) is 11.8 Å². The minimum absolute atomic E-state index is 0.0175. The van der Waals surface area contributed by atoms with Crippen molar-refractivity contribution in [2.75, 3.05) is 13.7 Å². The van der Waals surface area contributed by atoms with E-state index >= 15 is 0 Å². The highest BCUT2D eigenvalue weighted by atomic mass is 16.5. The Balaban J connectivity index is 1.48. The summed E-state index contributed by atoms with van der Waals surface area (Å²) in [6.45, 7) is 2.78. The number of nitrogens with one attached hydrogen (secondary N) is 1. The zero-order valence-corrected chi connectivity index (χ0v) is 17.3. The number of methoxy groups -OCH3 is 1. The van der Waals surface area contributed by atoms with Gasteiger partial charge in [0.15, 0.2) is 0 Å². The molecule has 5 nitrogen and oxygen atoms in total. The highest BCUT2D eigenvalue weighted by Crippen LogP contribution is 2.29. The molecular formula is C23H34N2O3. The first kappa shape index (κ1) is 20.7. The van der Waals surface area contributed by atoms with Crippen molar-refractivity contribution in [2.24, 2.45) is 5.92 Å². The molecule has 1 aliphatic carbocycles. The van der Waals surface area contributed by atoms with Gasteiger partial charge in [0.2, 0.25) is 11.8 Å². The molecule has 0 radical (unpaired) electrons. The Bertz CT molecular complexity index is 652. The SMILES string of the molecule is COc1ccc(CCC(C)NC(=O)C2CCCN2C(=O)C2CCCCC2)cc1. The maximum atomic E-state index is 12.9. The van der Waals surface area contributed by atoms with E-state index < -0.39 is 0 Å². The van der Waals surface area contributed by atoms with Gasteiger partial charge in [-0.1, -0.05) is 31.4 Å². The molecule has 5 heteroatoms. The summed E-state index contributed by atoms with van der Waals surface area (Å²) in [5.41, 5.74) is 1.23. The summed E-state index contributed by atoms with van der Waals surface area (Å²) in [4.78, 5) is 27.6. The van der Waals surface area contributed by atoms with Crippen molar-refractivity contribution in [2.45, 2.75) is 76.8 Å². The van der Waals surface area contributed by atoms with Gasteiger partial charge in [-0.3, -0.25) is 9.59 Å². The smallest absolute Gasteiger partial charge is 0.243 e. The van der Waals surface area contributed by atoms with E-state index in [0.29, 0.717) is 0 Å². The Hall–Kier alpha value is -2.04. The number of aryl methyl sites for hydroxylation is 1. The lowest BCUT2D eigenvalue weighted by atomic mass is 9.88. The van der Waals surface area contributed by atoms with Crippen molar-refractivity contribution >= 4 is 11.8 Å². The van der Waals surface area contributed by atoms with Gasteiger partial charge in [-0.15, -0.1) is 0 Å². The number of carbonyl (C=O) groups excluding carboxylic acids is 2. The molecule has 1 heterocycles. The van der Waals surface area contributed by atoms with Crippen molar-refractivity contribution in [3.63, 3.8) is 0 Å². The Labute approximate surface area is 168 Å². The maximum absolute atomic E-state index is 12.9. The number of hydrogen-bond acceptors (Lipinski definition) is 3. The largest absolute Gasteiger partial charge is 0.497 e. The molecule has 1 aromatic carbocycles. The van der Waals surface area contributed by atoms with Gasteiger partial charge in [0.25, 0.3) is 0 Å². The zero-order chi connectivity index (χ0) is 19.9. The summed E-state index contributed by atoms with van der Waals surface area (Å²) < 4.78 is 5.19. The fraction of sp³-hybridized carbons (Fsp3) is 0.652. The van der Waals surface area contributed by atoms with Gasteiger partial charge in [0.05, 0.1) is 7.11 Å². The topological polar surface area (TPSA) is 58.6 Å². The van der Waals surface area contributed by atoms with E-state index in [1.54, 1.807) is 7.11 Å². The Kier molecular flexibility index (Phi) is 7.35. The van der Waals surface area contributed by atoms with Gasteiger partial charge in [-0.2, -0.15) is 0 Å². The van der Waals surface area contributed by atoms with Gasteiger partial charge >= 0.3 is 0 Å². The molecule has 1 aromatic rings. The molecule has 0 bridgehead atoms. The maximum Gasteiger partial charge on any atom is 0.243 e. The van der Waals surface area contributed by atoms with E-state index in [-0.39, 0.29) is 29.8 Å². The molecule has 2 fully saturated rings. The van der Waals surface area contributed by atoms with Crippen molar-refractivity contribution in [1.82, 2.24) is 10.2 Å². The Morgan fingerprint density at radius 3 is 2.50 bits per heavy atom. The van der Waals surface area contributed by atoms with Gasteiger partial charge < -0.3 is 15.0 Å². The van der Waals surface area contributed by atoms with E-state index in [4.69, 9.17) is 4.74 Å². The molecule has 0 spiro atoms. The molecule has 154 valence electrons. The second kappa shape index (κ2) is 9.94. The average Bonchev–Trinajstić information content (AvgIpc) is 3.23. The van der Waals surface area contributed by atoms with Crippen molar-refractivity contribution in [1.29, 1.82) is 0 Å². The second-order valence-electron chi connectivity index (χ2n) is 8.32. The molecule has 0 aromatic heterocycles. The monoisotopic (exact) mass is 386 g/mol. The van der Waals surface area contributed by atoms with Crippen LogP contribution in [0.5, 0.6) is 5.75 Å². The molecule has 3 rings (SSSR count). The highest BCUT2D eigenvalue weighted by molar-refractivity contribution is 5.89. The summed E-state index contributed by atoms with van der Waals surface area (Å²) in [5.74, 6) is 1.22. The summed E-state index contributed by atoms with van der Waals surface area (Å²) >= 11 is 0.